The standard InChI is InChI=1S/C6H9ClN4OS/c1-8-4(12)2-3-9-6-5(7)10-13-11-6/h2-3H2,1H3,(H,8,12)(H,9,11). The minimum Gasteiger partial charge on any atom is -0.366 e. The smallest absolute Gasteiger partial charge is 0.221 e. The number of aromatic nitrogens is 2. The van der Waals surface area contributed by atoms with Crippen molar-refractivity contribution >= 4 is 35.1 Å². The van der Waals surface area contributed by atoms with Crippen LogP contribution in [0, 0.1) is 0 Å². The molecule has 5 nitrogen and oxygen atoms in total. The van der Waals surface area contributed by atoms with E-state index in [0.29, 0.717) is 23.9 Å². The topological polar surface area (TPSA) is 66.9 Å². The van der Waals surface area contributed by atoms with Crippen LogP contribution in [0.1, 0.15) is 6.42 Å². The number of anilines is 1. The molecule has 0 spiro atoms. The lowest BCUT2D eigenvalue weighted by Crippen LogP contribution is -2.20. The molecule has 1 aromatic heterocycles. The Morgan fingerprint density at radius 1 is 1.62 bits per heavy atom. The van der Waals surface area contributed by atoms with Crippen LogP contribution in [0.3, 0.4) is 0 Å². The quantitative estimate of drug-likeness (QED) is 0.786. The highest BCUT2D eigenvalue weighted by Gasteiger charge is 2.04. The Bertz CT molecular complexity index is 290. The molecule has 0 aliphatic rings. The van der Waals surface area contributed by atoms with Gasteiger partial charge in [0.05, 0.1) is 11.7 Å². The number of nitrogens with one attached hydrogen (secondary N) is 2. The van der Waals surface area contributed by atoms with Crippen LogP contribution in [0.25, 0.3) is 0 Å². The predicted molar refractivity (Wildman–Crippen MR) is 52.1 cm³/mol. The van der Waals surface area contributed by atoms with Crippen molar-refractivity contribution in [1.82, 2.24) is 14.1 Å². The molecular weight excluding hydrogens is 212 g/mol. The molecule has 0 aliphatic heterocycles. The summed E-state index contributed by atoms with van der Waals surface area (Å²) in [7, 11) is 1.60. The van der Waals surface area contributed by atoms with E-state index in [-0.39, 0.29) is 5.91 Å². The van der Waals surface area contributed by atoms with E-state index in [9.17, 15) is 4.79 Å². The summed E-state index contributed by atoms with van der Waals surface area (Å²) in [6, 6.07) is 0. The van der Waals surface area contributed by atoms with E-state index in [1.165, 1.54) is 0 Å². The summed E-state index contributed by atoms with van der Waals surface area (Å²) in [5.41, 5.74) is 0. The summed E-state index contributed by atoms with van der Waals surface area (Å²) < 4.78 is 7.66. The summed E-state index contributed by atoms with van der Waals surface area (Å²) in [5, 5.41) is 5.77. The first-order valence-corrected chi connectivity index (χ1v) is 4.77. The second-order valence-corrected chi connectivity index (χ2v) is 3.14. The summed E-state index contributed by atoms with van der Waals surface area (Å²) in [6.07, 6.45) is 0.393. The molecule has 1 rings (SSSR count). The van der Waals surface area contributed by atoms with E-state index in [2.05, 4.69) is 19.4 Å². The van der Waals surface area contributed by atoms with E-state index >= 15 is 0 Å². The van der Waals surface area contributed by atoms with Gasteiger partial charge in [0, 0.05) is 20.0 Å². The number of nitrogens with zero attached hydrogens (tertiary/aromatic N) is 2. The Morgan fingerprint density at radius 2 is 2.38 bits per heavy atom. The molecule has 2 N–H and O–H groups in total. The lowest BCUT2D eigenvalue weighted by Gasteiger charge is -2.01. The molecule has 1 heterocycles. The highest BCUT2D eigenvalue weighted by Crippen LogP contribution is 2.17. The van der Waals surface area contributed by atoms with Crippen LogP contribution >= 0.6 is 23.3 Å². The maximum atomic E-state index is 10.8. The third-order valence-electron chi connectivity index (χ3n) is 1.37. The number of halogens is 1. The first-order valence-electron chi connectivity index (χ1n) is 3.66. The Labute approximate surface area is 84.8 Å². The molecule has 0 unspecified atom stereocenters. The van der Waals surface area contributed by atoms with Gasteiger partial charge < -0.3 is 10.6 Å². The van der Waals surface area contributed by atoms with Crippen molar-refractivity contribution in [3.8, 4) is 0 Å². The fourth-order valence-electron chi connectivity index (χ4n) is 0.703. The zero-order valence-corrected chi connectivity index (χ0v) is 8.58. The van der Waals surface area contributed by atoms with Crippen LogP contribution in [0.15, 0.2) is 0 Å². The van der Waals surface area contributed by atoms with Crippen molar-refractivity contribution < 1.29 is 4.79 Å². The molecule has 0 aromatic carbocycles. The summed E-state index contributed by atoms with van der Waals surface area (Å²) >= 11 is 6.70. The molecule has 72 valence electrons. The number of amides is 1. The van der Waals surface area contributed by atoms with Gasteiger partial charge in [-0.25, -0.2) is 0 Å². The van der Waals surface area contributed by atoms with Crippen LogP contribution in [0.4, 0.5) is 5.82 Å². The van der Waals surface area contributed by atoms with Crippen molar-refractivity contribution in [3.05, 3.63) is 5.15 Å². The second kappa shape index (κ2) is 4.98. The Kier molecular flexibility index (Phi) is 3.91. The Balaban J connectivity index is 2.28. The fourth-order valence-corrected chi connectivity index (χ4v) is 1.39. The average Bonchev–Trinajstić information content (AvgIpc) is 2.52. The van der Waals surface area contributed by atoms with Gasteiger partial charge in [0.2, 0.25) is 5.91 Å². The molecule has 0 saturated heterocycles. The monoisotopic (exact) mass is 220 g/mol. The third kappa shape index (κ3) is 3.16. The third-order valence-corrected chi connectivity index (χ3v) is 2.26. The van der Waals surface area contributed by atoms with Crippen LogP contribution in [0.2, 0.25) is 5.15 Å². The minimum absolute atomic E-state index is 0.0215. The van der Waals surface area contributed by atoms with Gasteiger partial charge >= 0.3 is 0 Å². The maximum Gasteiger partial charge on any atom is 0.221 e. The zero-order chi connectivity index (χ0) is 9.68. The largest absolute Gasteiger partial charge is 0.366 e. The highest BCUT2D eigenvalue weighted by molar-refractivity contribution is 6.99. The number of carbonyl (C=O) groups is 1. The molecule has 0 aliphatic carbocycles. The molecule has 0 bridgehead atoms. The van der Waals surface area contributed by atoms with Crippen LogP contribution in [-0.4, -0.2) is 28.2 Å². The fraction of sp³-hybridized carbons (Fsp3) is 0.500. The van der Waals surface area contributed by atoms with Crippen LogP contribution in [0.5, 0.6) is 0 Å². The van der Waals surface area contributed by atoms with Crippen molar-refractivity contribution in [2.24, 2.45) is 0 Å². The normalized spacial score (nSPS) is 9.69. The summed E-state index contributed by atoms with van der Waals surface area (Å²) in [6.45, 7) is 0.505. The predicted octanol–water partition coefficient (Wildman–Crippen LogP) is 0.739. The van der Waals surface area contributed by atoms with Crippen LogP contribution in [-0.2, 0) is 4.79 Å². The molecule has 0 saturated carbocycles. The van der Waals surface area contributed by atoms with E-state index in [0.717, 1.165) is 11.7 Å². The van der Waals surface area contributed by atoms with Gasteiger partial charge in [-0.05, 0) is 0 Å². The van der Waals surface area contributed by atoms with Crippen molar-refractivity contribution in [2.75, 3.05) is 18.9 Å². The van der Waals surface area contributed by atoms with E-state index < -0.39 is 0 Å². The average molecular weight is 221 g/mol. The van der Waals surface area contributed by atoms with E-state index in [1.807, 2.05) is 0 Å². The molecule has 1 aromatic rings. The van der Waals surface area contributed by atoms with E-state index in [4.69, 9.17) is 11.6 Å². The zero-order valence-electron chi connectivity index (χ0n) is 7.00. The van der Waals surface area contributed by atoms with Crippen LogP contribution < -0.4 is 10.6 Å². The number of hydrogen-bond donors (Lipinski definition) is 2. The molecule has 0 fully saturated rings. The molecule has 0 atom stereocenters. The maximum absolute atomic E-state index is 10.8. The molecule has 7 heteroatoms. The SMILES string of the molecule is CNC(=O)CCNc1nsnc1Cl. The Morgan fingerprint density at radius 3 is 2.92 bits per heavy atom. The second-order valence-electron chi connectivity index (χ2n) is 2.25. The van der Waals surface area contributed by atoms with Gasteiger partial charge in [0.15, 0.2) is 11.0 Å². The van der Waals surface area contributed by atoms with Crippen molar-refractivity contribution in [3.63, 3.8) is 0 Å². The minimum atomic E-state index is -0.0215. The number of carbonyl (C=O) groups excluding carboxylic acids is 1. The van der Waals surface area contributed by atoms with Gasteiger partial charge in [-0.15, -0.1) is 0 Å². The van der Waals surface area contributed by atoms with E-state index in [1.54, 1.807) is 7.05 Å². The van der Waals surface area contributed by atoms with Crippen molar-refractivity contribution in [1.29, 1.82) is 0 Å². The number of hydrogen-bond acceptors (Lipinski definition) is 5. The lowest BCUT2D eigenvalue weighted by molar-refractivity contribution is -0.120. The first-order chi connectivity index (χ1) is 6.24. The van der Waals surface area contributed by atoms with Gasteiger partial charge in [-0.2, -0.15) is 8.75 Å². The van der Waals surface area contributed by atoms with Gasteiger partial charge in [0.25, 0.3) is 0 Å². The summed E-state index contributed by atoms with van der Waals surface area (Å²) in [5.74, 6) is 0.516. The van der Waals surface area contributed by atoms with Gasteiger partial charge in [-0.1, -0.05) is 11.6 Å². The molecule has 1 amide bonds. The molecule has 0 radical (unpaired) electrons. The first kappa shape index (κ1) is 10.2. The lowest BCUT2D eigenvalue weighted by atomic mass is 10.4. The Hall–Kier alpha value is -0.880. The molecule has 13 heavy (non-hydrogen) atoms. The number of rotatable bonds is 4. The van der Waals surface area contributed by atoms with Gasteiger partial charge in [-0.3, -0.25) is 4.79 Å². The summed E-state index contributed by atoms with van der Waals surface area (Å²) in [4.78, 5) is 10.8. The van der Waals surface area contributed by atoms with Crippen molar-refractivity contribution in [2.45, 2.75) is 6.42 Å². The highest BCUT2D eigenvalue weighted by atomic mass is 35.5. The van der Waals surface area contributed by atoms with Gasteiger partial charge in [0.1, 0.15) is 0 Å². The molecular formula is C6H9ClN4OS.